The molecule has 0 aliphatic rings. The maximum Gasteiger partial charge on any atom is 0.262 e. The lowest BCUT2D eigenvalue weighted by Crippen LogP contribution is -2.30. The van der Waals surface area contributed by atoms with Gasteiger partial charge in [0.05, 0.1) is 12.1 Å². The molecule has 0 aliphatic heterocycles. The molecule has 1 heterocycles. The summed E-state index contributed by atoms with van der Waals surface area (Å²) in [6, 6.07) is 11.1. The van der Waals surface area contributed by atoms with Gasteiger partial charge in [0.15, 0.2) is 5.78 Å². The smallest absolute Gasteiger partial charge is 0.262 e. The van der Waals surface area contributed by atoms with Crippen molar-refractivity contribution in [3.05, 3.63) is 58.0 Å². The van der Waals surface area contributed by atoms with Crippen LogP contribution in [-0.4, -0.2) is 16.1 Å². The normalized spacial score (nSPS) is 10.4. The molecule has 0 amide bonds. The van der Waals surface area contributed by atoms with Crippen molar-refractivity contribution < 1.29 is 9.59 Å². The molecule has 0 saturated heterocycles. The van der Waals surface area contributed by atoms with Crippen LogP contribution in [0, 0.1) is 6.92 Å². The van der Waals surface area contributed by atoms with Crippen LogP contribution in [0.25, 0.3) is 11.1 Å². The summed E-state index contributed by atoms with van der Waals surface area (Å²) in [7, 11) is 0. The zero-order valence-corrected chi connectivity index (χ0v) is 12.3. The number of pyridine rings is 1. The molecule has 0 aliphatic carbocycles. The predicted octanol–water partition coefficient (Wildman–Crippen LogP) is 2.62. The summed E-state index contributed by atoms with van der Waals surface area (Å²) in [4.78, 5) is 35.8. The van der Waals surface area contributed by atoms with Crippen LogP contribution in [0.15, 0.2) is 41.2 Å². The van der Waals surface area contributed by atoms with Gasteiger partial charge in [0, 0.05) is 5.69 Å². The second-order valence-corrected chi connectivity index (χ2v) is 5.09. The van der Waals surface area contributed by atoms with Gasteiger partial charge >= 0.3 is 0 Å². The van der Waals surface area contributed by atoms with E-state index in [1.54, 1.807) is 13.0 Å². The number of aromatic nitrogens is 1. The van der Waals surface area contributed by atoms with E-state index >= 15 is 0 Å². The summed E-state index contributed by atoms with van der Waals surface area (Å²) in [5.41, 5.74) is 1.83. The van der Waals surface area contributed by atoms with Crippen molar-refractivity contribution in [1.82, 2.24) is 4.57 Å². The molecule has 4 nitrogen and oxygen atoms in total. The molecule has 2 aromatic rings. The lowest BCUT2D eigenvalue weighted by atomic mass is 9.98. The minimum absolute atomic E-state index is 0.0139. The molecular formula is C17H17NO3. The lowest BCUT2D eigenvalue weighted by Gasteiger charge is -2.14. The lowest BCUT2D eigenvalue weighted by molar-refractivity contribution is -0.117. The van der Waals surface area contributed by atoms with Gasteiger partial charge < -0.3 is 4.57 Å². The molecular weight excluding hydrogens is 266 g/mol. The first-order valence-corrected chi connectivity index (χ1v) is 6.72. The fraction of sp³-hybridized carbons (Fsp3) is 0.235. The van der Waals surface area contributed by atoms with Crippen LogP contribution in [0.5, 0.6) is 0 Å². The van der Waals surface area contributed by atoms with Gasteiger partial charge in [0.1, 0.15) is 5.78 Å². The molecule has 0 fully saturated rings. The molecule has 0 radical (unpaired) electrons. The van der Waals surface area contributed by atoms with E-state index in [0.29, 0.717) is 11.3 Å². The van der Waals surface area contributed by atoms with Crippen LogP contribution in [-0.2, 0) is 11.3 Å². The molecule has 2 rings (SSSR count). The van der Waals surface area contributed by atoms with Gasteiger partial charge in [-0.2, -0.15) is 0 Å². The van der Waals surface area contributed by atoms with E-state index in [4.69, 9.17) is 0 Å². The van der Waals surface area contributed by atoms with Crippen LogP contribution >= 0.6 is 0 Å². The van der Waals surface area contributed by atoms with Crippen LogP contribution in [0.3, 0.4) is 0 Å². The van der Waals surface area contributed by atoms with Crippen LogP contribution in [0.2, 0.25) is 0 Å². The number of benzene rings is 1. The molecule has 21 heavy (non-hydrogen) atoms. The highest BCUT2D eigenvalue weighted by atomic mass is 16.2. The quantitative estimate of drug-likeness (QED) is 0.810. The highest BCUT2D eigenvalue weighted by Crippen LogP contribution is 2.23. The number of carbonyl (C=O) groups is 2. The Morgan fingerprint density at radius 1 is 1.10 bits per heavy atom. The van der Waals surface area contributed by atoms with Crippen molar-refractivity contribution in [2.24, 2.45) is 0 Å². The predicted molar refractivity (Wildman–Crippen MR) is 81.6 cm³/mol. The second-order valence-electron chi connectivity index (χ2n) is 5.09. The summed E-state index contributed by atoms with van der Waals surface area (Å²) in [5, 5.41) is 0. The second kappa shape index (κ2) is 5.87. The van der Waals surface area contributed by atoms with E-state index in [9.17, 15) is 14.4 Å². The van der Waals surface area contributed by atoms with E-state index in [1.165, 1.54) is 18.4 Å². The molecule has 0 N–H and O–H groups in total. The standard InChI is InChI=1S/C17H17NO3/c1-11-9-15(14-7-5-4-6-8-14)16(13(3)20)17(21)18(11)10-12(2)19/h4-9H,10H2,1-3H3. The first-order valence-electron chi connectivity index (χ1n) is 6.72. The number of hydrogen-bond acceptors (Lipinski definition) is 3. The van der Waals surface area contributed by atoms with E-state index < -0.39 is 5.56 Å². The molecule has 0 saturated carbocycles. The third kappa shape index (κ3) is 2.99. The van der Waals surface area contributed by atoms with Gasteiger partial charge in [-0.05, 0) is 38.0 Å². The number of ketones is 2. The number of aryl methyl sites for hydroxylation is 1. The van der Waals surface area contributed by atoms with E-state index in [1.807, 2.05) is 30.3 Å². The molecule has 0 bridgehead atoms. The Balaban J connectivity index is 2.76. The highest BCUT2D eigenvalue weighted by Gasteiger charge is 2.18. The number of carbonyl (C=O) groups excluding carboxylic acids is 2. The van der Waals surface area contributed by atoms with Gasteiger partial charge in [-0.1, -0.05) is 30.3 Å². The number of nitrogens with zero attached hydrogens (tertiary/aromatic N) is 1. The molecule has 1 aromatic carbocycles. The Morgan fingerprint density at radius 3 is 2.24 bits per heavy atom. The summed E-state index contributed by atoms with van der Waals surface area (Å²) >= 11 is 0. The Morgan fingerprint density at radius 2 is 1.71 bits per heavy atom. The average molecular weight is 283 g/mol. The number of rotatable bonds is 4. The maximum atomic E-state index is 12.6. The van der Waals surface area contributed by atoms with Crippen molar-refractivity contribution >= 4 is 11.6 Å². The van der Waals surface area contributed by atoms with Gasteiger partial charge in [-0.3, -0.25) is 14.4 Å². The third-order valence-corrected chi connectivity index (χ3v) is 3.32. The number of Topliss-reactive ketones (excluding diaryl/α,β-unsaturated/α-hetero) is 2. The maximum absolute atomic E-state index is 12.6. The Labute approximate surface area is 123 Å². The Bertz CT molecular complexity index is 758. The van der Waals surface area contributed by atoms with Crippen molar-refractivity contribution in [1.29, 1.82) is 0 Å². The van der Waals surface area contributed by atoms with Crippen molar-refractivity contribution in [2.45, 2.75) is 27.3 Å². The topological polar surface area (TPSA) is 56.1 Å². The van der Waals surface area contributed by atoms with Gasteiger partial charge in [0.25, 0.3) is 5.56 Å². The van der Waals surface area contributed by atoms with Gasteiger partial charge in [0.2, 0.25) is 0 Å². The van der Waals surface area contributed by atoms with Crippen molar-refractivity contribution in [3.63, 3.8) is 0 Å². The van der Waals surface area contributed by atoms with E-state index in [-0.39, 0.29) is 23.7 Å². The van der Waals surface area contributed by atoms with Gasteiger partial charge in [-0.25, -0.2) is 0 Å². The number of hydrogen-bond donors (Lipinski definition) is 0. The molecule has 0 spiro atoms. The van der Waals surface area contributed by atoms with Crippen molar-refractivity contribution in [3.8, 4) is 11.1 Å². The average Bonchev–Trinajstić information content (AvgIpc) is 2.43. The Kier molecular flexibility index (Phi) is 4.17. The Hall–Kier alpha value is -2.49. The minimum Gasteiger partial charge on any atom is -0.305 e. The first-order chi connectivity index (χ1) is 9.91. The largest absolute Gasteiger partial charge is 0.305 e. The minimum atomic E-state index is -0.406. The molecule has 1 aromatic heterocycles. The zero-order chi connectivity index (χ0) is 15.6. The summed E-state index contributed by atoms with van der Waals surface area (Å²) in [6.45, 7) is 4.54. The molecule has 4 heteroatoms. The van der Waals surface area contributed by atoms with Crippen LogP contribution in [0.1, 0.15) is 29.9 Å². The van der Waals surface area contributed by atoms with Crippen LogP contribution < -0.4 is 5.56 Å². The van der Waals surface area contributed by atoms with Crippen LogP contribution in [0.4, 0.5) is 0 Å². The molecule has 0 unspecified atom stereocenters. The fourth-order valence-corrected chi connectivity index (χ4v) is 2.37. The monoisotopic (exact) mass is 283 g/mol. The summed E-state index contributed by atoms with van der Waals surface area (Å²) < 4.78 is 1.35. The molecule has 108 valence electrons. The van der Waals surface area contributed by atoms with E-state index in [0.717, 1.165) is 5.56 Å². The summed E-state index contributed by atoms with van der Waals surface area (Å²) in [6.07, 6.45) is 0. The first kappa shape index (κ1) is 14.9. The molecule has 0 atom stereocenters. The third-order valence-electron chi connectivity index (χ3n) is 3.32. The van der Waals surface area contributed by atoms with Crippen molar-refractivity contribution in [2.75, 3.05) is 0 Å². The van der Waals surface area contributed by atoms with Gasteiger partial charge in [-0.15, -0.1) is 0 Å². The fourth-order valence-electron chi connectivity index (χ4n) is 2.37. The zero-order valence-electron chi connectivity index (χ0n) is 12.3. The highest BCUT2D eigenvalue weighted by molar-refractivity contribution is 6.00. The van der Waals surface area contributed by atoms with E-state index in [2.05, 4.69) is 0 Å². The summed E-state index contributed by atoms with van der Waals surface area (Å²) in [5.74, 6) is -0.418. The SMILES string of the molecule is CC(=O)Cn1c(C)cc(-c2ccccc2)c(C(C)=O)c1=O.